The standard InChI is InChI=1S/C12H16ClNO/c1-8-7-9(13)5-6-11(8)15-12-4-2-3-10(12)14/h5-7,10,12H,2-4,14H2,1H3. The fraction of sp³-hybridized carbons (Fsp3) is 0.500. The summed E-state index contributed by atoms with van der Waals surface area (Å²) in [7, 11) is 0. The molecule has 0 heterocycles. The average Bonchev–Trinajstić information content (AvgIpc) is 2.57. The van der Waals surface area contributed by atoms with E-state index in [1.54, 1.807) is 0 Å². The van der Waals surface area contributed by atoms with Gasteiger partial charge < -0.3 is 10.5 Å². The molecule has 2 unspecified atom stereocenters. The van der Waals surface area contributed by atoms with E-state index in [2.05, 4.69) is 0 Å². The highest BCUT2D eigenvalue weighted by molar-refractivity contribution is 6.30. The highest BCUT2D eigenvalue weighted by Crippen LogP contribution is 2.27. The Balaban J connectivity index is 2.10. The molecule has 2 N–H and O–H groups in total. The van der Waals surface area contributed by atoms with Gasteiger partial charge >= 0.3 is 0 Å². The Morgan fingerprint density at radius 1 is 1.40 bits per heavy atom. The first-order chi connectivity index (χ1) is 7.16. The summed E-state index contributed by atoms with van der Waals surface area (Å²) in [6.45, 7) is 2.00. The van der Waals surface area contributed by atoms with Gasteiger partial charge in [0.15, 0.2) is 0 Å². The van der Waals surface area contributed by atoms with Crippen LogP contribution in [-0.2, 0) is 0 Å². The van der Waals surface area contributed by atoms with Crippen molar-refractivity contribution >= 4 is 11.6 Å². The topological polar surface area (TPSA) is 35.2 Å². The third-order valence-corrected chi connectivity index (χ3v) is 3.15. The molecule has 0 spiro atoms. The molecular formula is C12H16ClNO. The van der Waals surface area contributed by atoms with Crippen LogP contribution in [0.25, 0.3) is 0 Å². The summed E-state index contributed by atoms with van der Waals surface area (Å²) in [5.41, 5.74) is 7.03. The molecule has 0 aliphatic heterocycles. The number of aryl methyl sites for hydroxylation is 1. The van der Waals surface area contributed by atoms with Gasteiger partial charge in [0.05, 0.1) is 0 Å². The summed E-state index contributed by atoms with van der Waals surface area (Å²) >= 11 is 5.88. The van der Waals surface area contributed by atoms with Crippen molar-refractivity contribution in [1.82, 2.24) is 0 Å². The number of rotatable bonds is 2. The fourth-order valence-electron chi connectivity index (χ4n) is 2.01. The summed E-state index contributed by atoms with van der Waals surface area (Å²) < 4.78 is 5.89. The van der Waals surface area contributed by atoms with Crippen LogP contribution >= 0.6 is 11.6 Å². The molecular weight excluding hydrogens is 210 g/mol. The molecule has 1 aliphatic rings. The molecule has 0 radical (unpaired) electrons. The number of hydrogen-bond acceptors (Lipinski definition) is 2. The second-order valence-electron chi connectivity index (χ2n) is 4.16. The molecule has 1 fully saturated rings. The zero-order chi connectivity index (χ0) is 10.8. The molecule has 15 heavy (non-hydrogen) atoms. The lowest BCUT2D eigenvalue weighted by Gasteiger charge is -2.19. The Kier molecular flexibility index (Phi) is 3.17. The maximum Gasteiger partial charge on any atom is 0.122 e. The highest BCUT2D eigenvalue weighted by atomic mass is 35.5. The monoisotopic (exact) mass is 225 g/mol. The van der Waals surface area contributed by atoms with Gasteiger partial charge in [0, 0.05) is 11.1 Å². The molecule has 1 aromatic rings. The minimum absolute atomic E-state index is 0.171. The maximum absolute atomic E-state index is 5.96. The summed E-state index contributed by atoms with van der Waals surface area (Å²) in [5.74, 6) is 0.904. The lowest BCUT2D eigenvalue weighted by Crippen LogP contribution is -2.33. The van der Waals surface area contributed by atoms with E-state index in [1.165, 1.54) is 6.42 Å². The third kappa shape index (κ3) is 2.44. The van der Waals surface area contributed by atoms with Crippen LogP contribution in [0.3, 0.4) is 0 Å². The first kappa shape index (κ1) is 10.8. The van der Waals surface area contributed by atoms with Crippen LogP contribution < -0.4 is 10.5 Å². The molecule has 0 aromatic heterocycles. The van der Waals surface area contributed by atoms with E-state index in [1.807, 2.05) is 25.1 Å². The third-order valence-electron chi connectivity index (χ3n) is 2.92. The molecule has 0 bridgehead atoms. The van der Waals surface area contributed by atoms with Gasteiger partial charge in [-0.3, -0.25) is 0 Å². The van der Waals surface area contributed by atoms with Gasteiger partial charge in [0.2, 0.25) is 0 Å². The molecule has 1 saturated carbocycles. The van der Waals surface area contributed by atoms with Gasteiger partial charge in [-0.1, -0.05) is 11.6 Å². The van der Waals surface area contributed by atoms with Crippen LogP contribution in [0.15, 0.2) is 18.2 Å². The number of ether oxygens (including phenoxy) is 1. The van der Waals surface area contributed by atoms with Crippen molar-refractivity contribution in [2.75, 3.05) is 0 Å². The molecule has 3 heteroatoms. The van der Waals surface area contributed by atoms with Gasteiger partial charge in [0.25, 0.3) is 0 Å². The second kappa shape index (κ2) is 4.42. The Labute approximate surface area is 95.4 Å². The van der Waals surface area contributed by atoms with Crippen LogP contribution in [0.5, 0.6) is 5.75 Å². The predicted octanol–water partition coefficient (Wildman–Crippen LogP) is 2.91. The van der Waals surface area contributed by atoms with Gasteiger partial charge in [-0.2, -0.15) is 0 Å². The van der Waals surface area contributed by atoms with Gasteiger partial charge in [-0.05, 0) is 49.9 Å². The minimum Gasteiger partial charge on any atom is -0.489 e. The second-order valence-corrected chi connectivity index (χ2v) is 4.60. The van der Waals surface area contributed by atoms with E-state index in [4.69, 9.17) is 22.1 Å². The first-order valence-electron chi connectivity index (χ1n) is 5.35. The average molecular weight is 226 g/mol. The van der Waals surface area contributed by atoms with Gasteiger partial charge in [0.1, 0.15) is 11.9 Å². The maximum atomic E-state index is 5.96. The Morgan fingerprint density at radius 2 is 2.20 bits per heavy atom. The summed E-state index contributed by atoms with van der Waals surface area (Å²) in [6.07, 6.45) is 3.46. The Bertz CT molecular complexity index is 353. The van der Waals surface area contributed by atoms with E-state index in [0.29, 0.717) is 0 Å². The van der Waals surface area contributed by atoms with Crippen LogP contribution in [0.1, 0.15) is 24.8 Å². The molecule has 1 aromatic carbocycles. The molecule has 2 rings (SSSR count). The normalized spacial score (nSPS) is 25.5. The largest absolute Gasteiger partial charge is 0.489 e. The van der Waals surface area contributed by atoms with Crippen molar-refractivity contribution in [3.63, 3.8) is 0 Å². The summed E-state index contributed by atoms with van der Waals surface area (Å²) in [4.78, 5) is 0. The van der Waals surface area contributed by atoms with Crippen LogP contribution in [0.4, 0.5) is 0 Å². The number of halogens is 1. The highest BCUT2D eigenvalue weighted by Gasteiger charge is 2.25. The van der Waals surface area contributed by atoms with E-state index in [9.17, 15) is 0 Å². The lowest BCUT2D eigenvalue weighted by atomic mass is 10.2. The number of nitrogens with two attached hydrogens (primary N) is 1. The van der Waals surface area contributed by atoms with E-state index < -0.39 is 0 Å². The zero-order valence-corrected chi connectivity index (χ0v) is 9.63. The van der Waals surface area contributed by atoms with Crippen molar-refractivity contribution < 1.29 is 4.74 Å². The van der Waals surface area contributed by atoms with Crippen LogP contribution in [-0.4, -0.2) is 12.1 Å². The van der Waals surface area contributed by atoms with Crippen molar-refractivity contribution in [1.29, 1.82) is 0 Å². The SMILES string of the molecule is Cc1cc(Cl)ccc1OC1CCCC1N. The van der Waals surface area contributed by atoms with Crippen LogP contribution in [0.2, 0.25) is 5.02 Å². The molecule has 1 aliphatic carbocycles. The van der Waals surface area contributed by atoms with Crippen molar-refractivity contribution in [2.45, 2.75) is 38.3 Å². The van der Waals surface area contributed by atoms with Crippen molar-refractivity contribution in [3.05, 3.63) is 28.8 Å². The van der Waals surface area contributed by atoms with E-state index in [0.717, 1.165) is 29.2 Å². The number of hydrogen-bond donors (Lipinski definition) is 1. The van der Waals surface area contributed by atoms with Crippen molar-refractivity contribution in [2.24, 2.45) is 5.73 Å². The van der Waals surface area contributed by atoms with E-state index >= 15 is 0 Å². The smallest absolute Gasteiger partial charge is 0.122 e. The molecule has 82 valence electrons. The summed E-state index contributed by atoms with van der Waals surface area (Å²) in [5, 5.41) is 0.746. The lowest BCUT2D eigenvalue weighted by molar-refractivity contribution is 0.190. The van der Waals surface area contributed by atoms with Crippen molar-refractivity contribution in [3.8, 4) is 5.75 Å². The molecule has 2 nitrogen and oxygen atoms in total. The van der Waals surface area contributed by atoms with Gasteiger partial charge in [-0.15, -0.1) is 0 Å². The predicted molar refractivity (Wildman–Crippen MR) is 62.4 cm³/mol. The van der Waals surface area contributed by atoms with Gasteiger partial charge in [-0.25, -0.2) is 0 Å². The molecule has 0 saturated heterocycles. The molecule has 2 atom stereocenters. The quantitative estimate of drug-likeness (QED) is 0.840. The van der Waals surface area contributed by atoms with Crippen LogP contribution in [0, 0.1) is 6.92 Å². The first-order valence-corrected chi connectivity index (χ1v) is 5.73. The number of benzene rings is 1. The zero-order valence-electron chi connectivity index (χ0n) is 8.87. The van der Waals surface area contributed by atoms with E-state index in [-0.39, 0.29) is 12.1 Å². The fourth-order valence-corrected chi connectivity index (χ4v) is 2.24. The Hall–Kier alpha value is -0.730. The molecule has 0 amide bonds. The summed E-state index contributed by atoms with van der Waals surface area (Å²) in [6, 6.07) is 5.87. The Morgan fingerprint density at radius 3 is 2.80 bits per heavy atom. The minimum atomic E-state index is 0.171.